The number of H-pyrrole nitrogens is 2. The van der Waals surface area contributed by atoms with Crippen LogP contribution in [0.3, 0.4) is 0 Å². The van der Waals surface area contributed by atoms with Gasteiger partial charge in [0.15, 0.2) is 5.60 Å². The first kappa shape index (κ1) is 28.3. The van der Waals surface area contributed by atoms with E-state index < -0.39 is 17.4 Å². The number of aromatic amines is 2. The number of aliphatic hydroxyl groups is 2. The lowest BCUT2D eigenvalue weighted by Crippen LogP contribution is -2.44. The zero-order chi connectivity index (χ0) is 31.3. The van der Waals surface area contributed by atoms with Gasteiger partial charge in [0.2, 0.25) is 0 Å². The Bertz CT molecular complexity index is 2240. The van der Waals surface area contributed by atoms with Gasteiger partial charge in [-0.15, -0.1) is 0 Å². The van der Waals surface area contributed by atoms with E-state index in [1.165, 1.54) is 14.3 Å². The highest BCUT2D eigenvalue weighted by Crippen LogP contribution is 2.46. The lowest BCUT2D eigenvalue weighted by atomic mass is 9.82. The summed E-state index contributed by atoms with van der Waals surface area (Å²) in [6.45, 7) is 1.83. The molecule has 6 aromatic rings. The Labute approximate surface area is 257 Å². The van der Waals surface area contributed by atoms with Crippen molar-refractivity contribution in [2.45, 2.75) is 25.5 Å². The molecule has 4 aromatic carbocycles. The molecule has 0 aliphatic carbocycles. The second-order valence-corrected chi connectivity index (χ2v) is 11.4. The smallest absolute Gasteiger partial charge is 0.279 e. The van der Waals surface area contributed by atoms with Gasteiger partial charge in [-0.1, -0.05) is 55.5 Å². The number of benzene rings is 4. The molecule has 0 radical (unpaired) electrons. The number of amides is 1. The van der Waals surface area contributed by atoms with Crippen molar-refractivity contribution < 1.29 is 15.0 Å². The Morgan fingerprint density at radius 1 is 0.800 bits per heavy atom. The molecule has 10 nitrogen and oxygen atoms in total. The van der Waals surface area contributed by atoms with E-state index in [2.05, 4.69) is 10.2 Å². The van der Waals surface area contributed by atoms with Crippen LogP contribution < -0.4 is 16.0 Å². The maximum atomic E-state index is 14.2. The number of carbonyl (C=O) groups excluding carboxylic acids is 1. The van der Waals surface area contributed by atoms with Crippen molar-refractivity contribution in [3.63, 3.8) is 0 Å². The summed E-state index contributed by atoms with van der Waals surface area (Å²) in [6.07, 6.45) is 3.85. The minimum absolute atomic E-state index is 0.0540. The second-order valence-electron chi connectivity index (χ2n) is 11.4. The predicted molar refractivity (Wildman–Crippen MR) is 173 cm³/mol. The van der Waals surface area contributed by atoms with E-state index in [-0.39, 0.29) is 24.3 Å². The number of nitrogens with zero attached hydrogens (tertiary/aromatic N) is 3. The van der Waals surface area contributed by atoms with E-state index in [0.717, 1.165) is 11.1 Å². The van der Waals surface area contributed by atoms with Crippen LogP contribution in [0.15, 0.2) is 113 Å². The third-order valence-corrected chi connectivity index (χ3v) is 8.59. The average molecular weight is 602 g/mol. The Morgan fingerprint density at radius 2 is 1.42 bits per heavy atom. The molecule has 0 bridgehead atoms. The number of anilines is 1. The first-order valence-corrected chi connectivity index (χ1v) is 14.8. The normalized spacial score (nSPS) is 17.1. The molecule has 2 atom stereocenters. The molecule has 45 heavy (non-hydrogen) atoms. The van der Waals surface area contributed by atoms with Gasteiger partial charge < -0.3 is 15.1 Å². The maximum Gasteiger partial charge on any atom is 0.279 e. The summed E-state index contributed by atoms with van der Waals surface area (Å²) >= 11 is 0. The van der Waals surface area contributed by atoms with Crippen LogP contribution in [0.4, 0.5) is 5.69 Å². The van der Waals surface area contributed by atoms with E-state index >= 15 is 0 Å². The van der Waals surface area contributed by atoms with Crippen molar-refractivity contribution in [1.82, 2.24) is 19.6 Å². The number of carbonyl (C=O) groups is 1. The van der Waals surface area contributed by atoms with Crippen LogP contribution in [-0.2, 0) is 16.9 Å². The summed E-state index contributed by atoms with van der Waals surface area (Å²) in [5, 5.41) is 28.9. The van der Waals surface area contributed by atoms with Crippen LogP contribution in [0.25, 0.3) is 33.2 Å². The number of hydrogen-bond acceptors (Lipinski definition) is 5. The summed E-state index contributed by atoms with van der Waals surface area (Å²) in [6, 6.07) is 27.0. The number of para-hydroxylation sites is 2. The van der Waals surface area contributed by atoms with Crippen LogP contribution in [0.5, 0.6) is 0 Å². The molecule has 1 amide bonds. The number of nitrogens with one attached hydrogen (secondary N) is 2. The lowest BCUT2D eigenvalue weighted by molar-refractivity contribution is -0.139. The highest BCUT2D eigenvalue weighted by Gasteiger charge is 2.52. The zero-order valence-corrected chi connectivity index (χ0v) is 24.5. The van der Waals surface area contributed by atoms with E-state index in [1.54, 1.807) is 55.5 Å². The van der Waals surface area contributed by atoms with E-state index in [4.69, 9.17) is 0 Å². The molecule has 226 valence electrons. The minimum Gasteiger partial charge on any atom is -0.396 e. The largest absolute Gasteiger partial charge is 0.396 e. The Balaban J connectivity index is 1.31. The van der Waals surface area contributed by atoms with E-state index in [9.17, 15) is 24.6 Å². The van der Waals surface area contributed by atoms with Gasteiger partial charge in [-0.05, 0) is 66.6 Å². The fourth-order valence-electron chi connectivity index (χ4n) is 6.20. The van der Waals surface area contributed by atoms with Crippen LogP contribution in [0.2, 0.25) is 0 Å². The van der Waals surface area contributed by atoms with Gasteiger partial charge in [0.05, 0.1) is 45.4 Å². The topological polar surface area (TPSA) is 136 Å². The molecule has 10 heteroatoms. The van der Waals surface area contributed by atoms with Crippen LogP contribution in [0, 0.1) is 5.92 Å². The third kappa shape index (κ3) is 4.54. The van der Waals surface area contributed by atoms with Crippen LogP contribution in [0.1, 0.15) is 24.5 Å². The summed E-state index contributed by atoms with van der Waals surface area (Å²) in [7, 11) is 0. The molecule has 0 saturated carbocycles. The molecule has 0 saturated heterocycles. The molecule has 3 heterocycles. The molecule has 0 spiro atoms. The van der Waals surface area contributed by atoms with Gasteiger partial charge in [0.25, 0.3) is 17.0 Å². The van der Waals surface area contributed by atoms with Crippen molar-refractivity contribution >= 4 is 33.4 Å². The summed E-state index contributed by atoms with van der Waals surface area (Å²) in [5.41, 5.74) is 1.78. The molecule has 4 N–H and O–H groups in total. The number of aliphatic hydroxyl groups excluding tert-OH is 1. The summed E-state index contributed by atoms with van der Waals surface area (Å²) < 4.78 is 2.88. The van der Waals surface area contributed by atoms with Gasteiger partial charge in [0, 0.05) is 18.1 Å². The lowest BCUT2D eigenvalue weighted by Gasteiger charge is -2.28. The van der Waals surface area contributed by atoms with Gasteiger partial charge in [-0.25, -0.2) is 9.36 Å². The second kappa shape index (κ2) is 10.9. The van der Waals surface area contributed by atoms with E-state index in [0.29, 0.717) is 45.3 Å². The maximum absolute atomic E-state index is 14.2. The van der Waals surface area contributed by atoms with Crippen molar-refractivity contribution in [3.05, 3.63) is 135 Å². The molecular formula is C35H31N5O5. The van der Waals surface area contributed by atoms with Gasteiger partial charge in [-0.2, -0.15) is 0 Å². The number of aromatic nitrogens is 4. The van der Waals surface area contributed by atoms with Crippen molar-refractivity contribution in [1.29, 1.82) is 0 Å². The molecule has 0 unspecified atom stereocenters. The Kier molecular flexibility index (Phi) is 6.87. The number of fused-ring (bicyclic) bond motifs is 3. The Hall–Kier alpha value is -5.45. The van der Waals surface area contributed by atoms with Gasteiger partial charge in [0.1, 0.15) is 0 Å². The standard InChI is InChI=1S/C35H31N5O5/c1-22(9-6-7-18-41)35(45)28-20-25(40-33(43)27-13-3-5-15-30(27)37-40)16-17-31(28)38(34(35)44)21-23-10-8-11-24(19-23)39-32(42)26-12-2-4-14-29(26)36-39/h2-6,8-17,19-20,22,36-37,41,45H,7,18,21H2,1H3/b9-6+/t22-,35+/m0/s1. The first-order chi connectivity index (χ1) is 21.8. The summed E-state index contributed by atoms with van der Waals surface area (Å²) in [4.78, 5) is 42.1. The quantitative estimate of drug-likeness (QED) is 0.193. The van der Waals surface area contributed by atoms with Gasteiger partial charge in [-0.3, -0.25) is 24.6 Å². The molecule has 1 aliphatic heterocycles. The van der Waals surface area contributed by atoms with Crippen LogP contribution in [-0.4, -0.2) is 42.3 Å². The average Bonchev–Trinajstić information content (AvgIpc) is 3.66. The van der Waals surface area contributed by atoms with Crippen LogP contribution >= 0.6 is 0 Å². The Morgan fingerprint density at radius 3 is 2.04 bits per heavy atom. The predicted octanol–water partition coefficient (Wildman–Crippen LogP) is 4.26. The van der Waals surface area contributed by atoms with E-state index in [1.807, 2.05) is 54.6 Å². The third-order valence-electron chi connectivity index (χ3n) is 8.59. The highest BCUT2D eigenvalue weighted by molar-refractivity contribution is 6.07. The molecule has 7 rings (SSSR count). The highest BCUT2D eigenvalue weighted by atomic mass is 16.3. The van der Waals surface area contributed by atoms with Crippen molar-refractivity contribution in [3.8, 4) is 11.4 Å². The van der Waals surface area contributed by atoms with Gasteiger partial charge >= 0.3 is 0 Å². The monoisotopic (exact) mass is 601 g/mol. The molecule has 2 aromatic heterocycles. The minimum atomic E-state index is -1.93. The fraction of sp³-hybridized carbons (Fsp3) is 0.171. The molecular weight excluding hydrogens is 570 g/mol. The molecule has 0 fully saturated rings. The number of hydrogen-bond donors (Lipinski definition) is 4. The first-order valence-electron chi connectivity index (χ1n) is 14.8. The molecule has 1 aliphatic rings. The zero-order valence-electron chi connectivity index (χ0n) is 24.5. The fourth-order valence-corrected chi connectivity index (χ4v) is 6.20. The van der Waals surface area contributed by atoms with Crippen molar-refractivity contribution in [2.24, 2.45) is 5.92 Å². The summed E-state index contributed by atoms with van der Waals surface area (Å²) in [5.74, 6) is -1.15. The SMILES string of the molecule is C[C@@H](/C=C/CCO)[C@]1(O)C(=O)N(Cc2cccc(-n3[nH]c4ccccc4c3=O)c2)c2ccc(-n3[nH]c4ccccc4c3=O)cc21. The number of rotatable bonds is 8. The van der Waals surface area contributed by atoms with Crippen molar-refractivity contribution in [2.75, 3.05) is 11.5 Å².